The van der Waals surface area contributed by atoms with Gasteiger partial charge in [0, 0.05) is 11.1 Å². The molecule has 0 aromatic carbocycles. The molecule has 0 saturated heterocycles. The van der Waals surface area contributed by atoms with E-state index in [0.29, 0.717) is 17.4 Å². The van der Waals surface area contributed by atoms with Gasteiger partial charge in [0.15, 0.2) is 0 Å². The van der Waals surface area contributed by atoms with Crippen molar-refractivity contribution >= 4 is 45.0 Å². The average molecular weight is 401 g/mol. The summed E-state index contributed by atoms with van der Waals surface area (Å²) in [5.41, 5.74) is 1.14. The fraction of sp³-hybridized carbons (Fsp3) is 0.368. The standard InChI is InChI=1S/C19H20N4O2S2/c1-11(17(24)21-14-8-4-5-9-20-14)26-10-15-22-18(25)16-12-6-2-3-7-13(12)27-19(16)23-15/h4-5,8-9,11H,2-3,6-7,10H2,1H3,(H,20,21,24)(H,22,23,25)/t11-/m0/s1. The maximum atomic E-state index is 12.6. The van der Waals surface area contributed by atoms with Gasteiger partial charge in [0.25, 0.3) is 5.56 Å². The predicted molar refractivity (Wildman–Crippen MR) is 111 cm³/mol. The predicted octanol–water partition coefficient (Wildman–Crippen LogP) is 3.52. The lowest BCUT2D eigenvalue weighted by Crippen LogP contribution is -2.23. The van der Waals surface area contributed by atoms with E-state index >= 15 is 0 Å². The first-order valence-electron chi connectivity index (χ1n) is 8.99. The molecule has 0 fully saturated rings. The molecule has 3 heterocycles. The molecule has 3 aromatic heterocycles. The molecule has 0 aliphatic heterocycles. The number of nitrogens with zero attached hydrogens (tertiary/aromatic N) is 2. The van der Waals surface area contributed by atoms with Crippen LogP contribution >= 0.6 is 23.1 Å². The molecule has 0 saturated carbocycles. The molecule has 0 unspecified atom stereocenters. The summed E-state index contributed by atoms with van der Waals surface area (Å²) in [6.45, 7) is 1.84. The molecule has 1 amide bonds. The van der Waals surface area contributed by atoms with Gasteiger partial charge in [-0.25, -0.2) is 9.97 Å². The monoisotopic (exact) mass is 400 g/mol. The summed E-state index contributed by atoms with van der Waals surface area (Å²) in [5.74, 6) is 1.51. The molecule has 0 spiro atoms. The molecule has 6 nitrogen and oxygen atoms in total. The number of nitrogens with one attached hydrogen (secondary N) is 2. The molecule has 8 heteroatoms. The quantitative estimate of drug-likeness (QED) is 0.684. The van der Waals surface area contributed by atoms with Gasteiger partial charge in [-0.15, -0.1) is 23.1 Å². The Hall–Kier alpha value is -2.19. The minimum atomic E-state index is -0.287. The second-order valence-corrected chi connectivity index (χ2v) is 8.97. The zero-order valence-electron chi connectivity index (χ0n) is 14.9. The number of carbonyl (C=O) groups is 1. The van der Waals surface area contributed by atoms with Gasteiger partial charge in [0.1, 0.15) is 16.5 Å². The van der Waals surface area contributed by atoms with Crippen molar-refractivity contribution in [3.8, 4) is 0 Å². The lowest BCUT2D eigenvalue weighted by molar-refractivity contribution is -0.115. The number of carbonyl (C=O) groups excluding carboxylic acids is 1. The average Bonchev–Trinajstić information content (AvgIpc) is 3.05. The number of aromatic nitrogens is 3. The number of thiophene rings is 1. The molecule has 1 atom stereocenters. The van der Waals surface area contributed by atoms with Crippen molar-refractivity contribution in [1.29, 1.82) is 0 Å². The molecule has 1 aliphatic rings. The van der Waals surface area contributed by atoms with Gasteiger partial charge in [0.05, 0.1) is 16.4 Å². The van der Waals surface area contributed by atoms with Crippen LogP contribution in [0.3, 0.4) is 0 Å². The van der Waals surface area contributed by atoms with E-state index in [0.717, 1.165) is 29.5 Å². The van der Waals surface area contributed by atoms with E-state index in [2.05, 4.69) is 20.3 Å². The molecule has 27 heavy (non-hydrogen) atoms. The molecule has 1 aliphatic carbocycles. The van der Waals surface area contributed by atoms with Crippen molar-refractivity contribution in [3.05, 3.63) is 51.0 Å². The maximum absolute atomic E-state index is 12.6. The highest BCUT2D eigenvalue weighted by molar-refractivity contribution is 7.99. The maximum Gasteiger partial charge on any atom is 0.259 e. The van der Waals surface area contributed by atoms with Crippen LogP contribution in [0, 0.1) is 0 Å². The van der Waals surface area contributed by atoms with Gasteiger partial charge >= 0.3 is 0 Å². The second kappa shape index (κ2) is 7.82. The van der Waals surface area contributed by atoms with Crippen molar-refractivity contribution in [2.24, 2.45) is 0 Å². The highest BCUT2D eigenvalue weighted by Crippen LogP contribution is 2.33. The van der Waals surface area contributed by atoms with Gasteiger partial charge < -0.3 is 10.3 Å². The van der Waals surface area contributed by atoms with Crippen LogP contribution in [-0.4, -0.2) is 26.1 Å². The van der Waals surface area contributed by atoms with E-state index in [1.165, 1.54) is 28.6 Å². The van der Waals surface area contributed by atoms with E-state index in [9.17, 15) is 9.59 Å². The summed E-state index contributed by atoms with van der Waals surface area (Å²) in [6, 6.07) is 5.38. The van der Waals surface area contributed by atoms with E-state index in [-0.39, 0.29) is 16.7 Å². The van der Waals surface area contributed by atoms with Crippen LogP contribution in [0.1, 0.15) is 36.0 Å². The molecule has 0 bridgehead atoms. The topological polar surface area (TPSA) is 87.7 Å². The second-order valence-electron chi connectivity index (χ2n) is 6.56. The van der Waals surface area contributed by atoms with Crippen LogP contribution in [-0.2, 0) is 23.4 Å². The minimum absolute atomic E-state index is 0.0550. The van der Waals surface area contributed by atoms with Crippen molar-refractivity contribution in [2.45, 2.75) is 43.6 Å². The third kappa shape index (κ3) is 3.91. The van der Waals surface area contributed by atoms with Crippen LogP contribution in [0.15, 0.2) is 29.2 Å². The Labute approximate surface area is 164 Å². The number of hydrogen-bond donors (Lipinski definition) is 2. The van der Waals surface area contributed by atoms with E-state index in [1.807, 2.05) is 13.0 Å². The van der Waals surface area contributed by atoms with E-state index in [1.54, 1.807) is 29.7 Å². The number of anilines is 1. The van der Waals surface area contributed by atoms with E-state index < -0.39 is 0 Å². The van der Waals surface area contributed by atoms with Crippen molar-refractivity contribution in [3.63, 3.8) is 0 Å². The largest absolute Gasteiger partial charge is 0.310 e. The van der Waals surface area contributed by atoms with Crippen LogP contribution in [0.2, 0.25) is 0 Å². The minimum Gasteiger partial charge on any atom is -0.310 e. The Morgan fingerprint density at radius 2 is 2.22 bits per heavy atom. The fourth-order valence-corrected chi connectivity index (χ4v) is 5.26. The molecule has 0 radical (unpaired) electrons. The van der Waals surface area contributed by atoms with Crippen molar-refractivity contribution in [2.75, 3.05) is 5.32 Å². The number of H-pyrrole nitrogens is 1. The van der Waals surface area contributed by atoms with Crippen LogP contribution in [0.25, 0.3) is 10.2 Å². The lowest BCUT2D eigenvalue weighted by Gasteiger charge is -2.11. The fourth-order valence-electron chi connectivity index (χ4n) is 3.22. The van der Waals surface area contributed by atoms with Crippen LogP contribution in [0.4, 0.5) is 5.82 Å². The summed E-state index contributed by atoms with van der Waals surface area (Å²) in [6.07, 6.45) is 5.98. The van der Waals surface area contributed by atoms with Crippen molar-refractivity contribution < 1.29 is 4.79 Å². The Morgan fingerprint density at radius 3 is 3.04 bits per heavy atom. The van der Waals surface area contributed by atoms with Crippen LogP contribution < -0.4 is 10.9 Å². The summed E-state index contributed by atoms with van der Waals surface area (Å²) >= 11 is 3.08. The first-order valence-corrected chi connectivity index (χ1v) is 10.9. The SMILES string of the molecule is C[C@H](SCc1nc2sc3c(c2c(=O)[nH]1)CCCC3)C(=O)Nc1ccccn1. The molecular formula is C19H20N4O2S2. The highest BCUT2D eigenvalue weighted by Gasteiger charge is 2.20. The van der Waals surface area contributed by atoms with E-state index in [4.69, 9.17) is 0 Å². The molecule has 140 valence electrons. The van der Waals surface area contributed by atoms with Gasteiger partial charge in [-0.2, -0.15) is 0 Å². The van der Waals surface area contributed by atoms with Crippen LogP contribution in [0.5, 0.6) is 0 Å². The van der Waals surface area contributed by atoms with Gasteiger partial charge in [0.2, 0.25) is 5.91 Å². The third-order valence-corrected chi connectivity index (χ3v) is 6.97. The van der Waals surface area contributed by atoms with Gasteiger partial charge in [-0.1, -0.05) is 6.07 Å². The molecule has 2 N–H and O–H groups in total. The summed E-state index contributed by atoms with van der Waals surface area (Å²) in [5, 5.41) is 3.27. The Balaban J connectivity index is 1.45. The zero-order chi connectivity index (χ0) is 18.8. The summed E-state index contributed by atoms with van der Waals surface area (Å²) in [7, 11) is 0. The zero-order valence-corrected chi connectivity index (χ0v) is 16.6. The first kappa shape index (κ1) is 18.2. The first-order chi connectivity index (χ1) is 13.1. The number of amides is 1. The van der Waals surface area contributed by atoms with Gasteiger partial charge in [-0.05, 0) is 50.3 Å². The van der Waals surface area contributed by atoms with Crippen molar-refractivity contribution in [1.82, 2.24) is 15.0 Å². The number of pyridine rings is 1. The molecule has 3 aromatic rings. The molecular weight excluding hydrogens is 380 g/mol. The van der Waals surface area contributed by atoms with Gasteiger partial charge in [-0.3, -0.25) is 9.59 Å². The normalized spacial score (nSPS) is 14.7. The third-order valence-electron chi connectivity index (χ3n) is 4.63. The Bertz CT molecular complexity index is 1030. The lowest BCUT2D eigenvalue weighted by atomic mass is 9.97. The number of hydrogen-bond acceptors (Lipinski definition) is 6. The smallest absolute Gasteiger partial charge is 0.259 e. The Morgan fingerprint density at radius 1 is 1.37 bits per heavy atom. The number of fused-ring (bicyclic) bond motifs is 3. The number of aryl methyl sites for hydroxylation is 2. The summed E-state index contributed by atoms with van der Waals surface area (Å²) in [4.78, 5) is 38.6. The number of rotatable bonds is 5. The highest BCUT2D eigenvalue weighted by atomic mass is 32.2. The Kier molecular flexibility index (Phi) is 5.27. The summed E-state index contributed by atoms with van der Waals surface area (Å²) < 4.78 is 0. The number of thioether (sulfide) groups is 1. The number of aromatic amines is 1. The molecule has 4 rings (SSSR count).